The molecule has 0 radical (unpaired) electrons. The highest BCUT2D eigenvalue weighted by Gasteiger charge is 2.23. The number of aliphatic hydroxyl groups is 1. The monoisotopic (exact) mass is 195 g/mol. The molecule has 1 amide bonds. The maximum absolute atomic E-state index is 10.8. The fraction of sp³-hybridized carbons (Fsp3) is 0.444. The molecule has 3 N–H and O–H groups in total. The van der Waals surface area contributed by atoms with Crippen LogP contribution in [0.5, 0.6) is 0 Å². The van der Waals surface area contributed by atoms with E-state index in [1.165, 1.54) is 6.20 Å². The predicted octanol–water partition coefficient (Wildman–Crippen LogP) is 0.193. The molecule has 5 heteroatoms. The van der Waals surface area contributed by atoms with Gasteiger partial charge in [0.1, 0.15) is 5.60 Å². The molecule has 1 aromatic rings. The van der Waals surface area contributed by atoms with E-state index in [0.29, 0.717) is 12.1 Å². The van der Waals surface area contributed by atoms with E-state index >= 15 is 0 Å². The first kappa shape index (κ1) is 10.6. The smallest absolute Gasteiger partial charge is 0.286 e. The summed E-state index contributed by atoms with van der Waals surface area (Å²) in [5.74, 6) is -0.769. The van der Waals surface area contributed by atoms with Gasteiger partial charge in [0.15, 0.2) is 0 Å². The maximum Gasteiger partial charge on any atom is 0.286 e. The van der Waals surface area contributed by atoms with Gasteiger partial charge in [0.25, 0.3) is 5.91 Å². The largest absolute Gasteiger partial charge is 0.384 e. The molecule has 0 aliphatic rings. The van der Waals surface area contributed by atoms with Gasteiger partial charge in [-0.1, -0.05) is 6.92 Å². The van der Waals surface area contributed by atoms with Gasteiger partial charge in [-0.25, -0.2) is 9.97 Å². The molecular formula is C9H13N3O2. The summed E-state index contributed by atoms with van der Waals surface area (Å²) in [5.41, 5.74) is 4.38. The summed E-state index contributed by atoms with van der Waals surface area (Å²) in [6.07, 6.45) is 1.91. The van der Waals surface area contributed by atoms with Crippen LogP contribution in [-0.4, -0.2) is 21.0 Å². The summed E-state index contributed by atoms with van der Waals surface area (Å²) in [4.78, 5) is 18.4. The second-order valence-corrected chi connectivity index (χ2v) is 3.26. The van der Waals surface area contributed by atoms with Crippen LogP contribution in [0.1, 0.15) is 36.6 Å². The first-order chi connectivity index (χ1) is 6.47. The number of nitrogens with two attached hydrogens (primary N) is 1. The molecular weight excluding hydrogens is 182 g/mol. The quantitative estimate of drug-likeness (QED) is 0.720. The average molecular weight is 195 g/mol. The minimum absolute atomic E-state index is 0.0729. The van der Waals surface area contributed by atoms with Crippen LogP contribution in [-0.2, 0) is 5.60 Å². The van der Waals surface area contributed by atoms with Crippen molar-refractivity contribution >= 4 is 5.91 Å². The Hall–Kier alpha value is -1.49. The van der Waals surface area contributed by atoms with Gasteiger partial charge in [-0.05, 0) is 19.4 Å². The zero-order chi connectivity index (χ0) is 10.8. The highest BCUT2D eigenvalue weighted by Crippen LogP contribution is 2.21. The molecule has 0 bridgehead atoms. The third kappa shape index (κ3) is 2.05. The molecule has 76 valence electrons. The van der Waals surface area contributed by atoms with E-state index in [-0.39, 0.29) is 5.82 Å². The lowest BCUT2D eigenvalue weighted by Gasteiger charge is -2.20. The lowest BCUT2D eigenvalue weighted by atomic mass is 9.99. The van der Waals surface area contributed by atoms with E-state index < -0.39 is 11.5 Å². The van der Waals surface area contributed by atoms with Crippen molar-refractivity contribution in [1.82, 2.24) is 9.97 Å². The molecule has 0 aliphatic carbocycles. The fourth-order valence-electron chi connectivity index (χ4n) is 0.958. The van der Waals surface area contributed by atoms with Gasteiger partial charge in [0.2, 0.25) is 5.82 Å². The Kier molecular flexibility index (Phi) is 2.81. The highest BCUT2D eigenvalue weighted by molar-refractivity contribution is 5.88. The molecule has 1 atom stereocenters. The zero-order valence-electron chi connectivity index (χ0n) is 8.19. The second kappa shape index (κ2) is 3.71. The predicted molar refractivity (Wildman–Crippen MR) is 50.4 cm³/mol. The van der Waals surface area contributed by atoms with E-state index in [4.69, 9.17) is 5.73 Å². The van der Waals surface area contributed by atoms with E-state index in [2.05, 4.69) is 9.97 Å². The molecule has 0 aromatic carbocycles. The summed E-state index contributed by atoms with van der Waals surface area (Å²) in [6.45, 7) is 3.45. The van der Waals surface area contributed by atoms with Crippen LogP contribution in [0.2, 0.25) is 0 Å². The molecule has 14 heavy (non-hydrogen) atoms. The van der Waals surface area contributed by atoms with Gasteiger partial charge >= 0.3 is 0 Å². The van der Waals surface area contributed by atoms with Crippen molar-refractivity contribution < 1.29 is 9.90 Å². The first-order valence-electron chi connectivity index (χ1n) is 4.33. The van der Waals surface area contributed by atoms with Crippen LogP contribution >= 0.6 is 0 Å². The Morgan fingerprint density at radius 1 is 1.71 bits per heavy atom. The highest BCUT2D eigenvalue weighted by atomic mass is 16.3. The van der Waals surface area contributed by atoms with Crippen LogP contribution in [0.3, 0.4) is 0 Å². The van der Waals surface area contributed by atoms with Gasteiger partial charge in [-0.2, -0.15) is 0 Å². The summed E-state index contributed by atoms with van der Waals surface area (Å²) in [5, 5.41) is 9.86. The van der Waals surface area contributed by atoms with Crippen molar-refractivity contribution in [2.45, 2.75) is 25.9 Å². The number of primary amides is 1. The number of amides is 1. The molecule has 0 fully saturated rings. The van der Waals surface area contributed by atoms with Crippen molar-refractivity contribution in [3.8, 4) is 0 Å². The van der Waals surface area contributed by atoms with E-state index in [1.54, 1.807) is 13.0 Å². The Morgan fingerprint density at radius 2 is 2.36 bits per heavy atom. The van der Waals surface area contributed by atoms with Crippen molar-refractivity contribution in [3.05, 3.63) is 23.8 Å². The molecule has 1 unspecified atom stereocenters. The van der Waals surface area contributed by atoms with Crippen LogP contribution < -0.4 is 5.73 Å². The Labute approximate surface area is 82.0 Å². The molecule has 5 nitrogen and oxygen atoms in total. The number of hydrogen-bond donors (Lipinski definition) is 2. The number of carbonyl (C=O) groups is 1. The number of rotatable bonds is 3. The Bertz CT molecular complexity index is 350. The third-order valence-corrected chi connectivity index (χ3v) is 2.12. The lowest BCUT2D eigenvalue weighted by molar-refractivity contribution is 0.0481. The maximum atomic E-state index is 10.8. The van der Waals surface area contributed by atoms with Crippen LogP contribution in [0, 0.1) is 0 Å². The molecule has 1 rings (SSSR count). The lowest BCUT2D eigenvalue weighted by Crippen LogP contribution is -2.24. The Morgan fingerprint density at radius 3 is 2.86 bits per heavy atom. The molecule has 0 aliphatic heterocycles. The van der Waals surface area contributed by atoms with Gasteiger partial charge in [0.05, 0.1) is 5.69 Å². The Balaban J connectivity index is 3.12. The summed E-state index contributed by atoms with van der Waals surface area (Å²) in [6, 6.07) is 1.57. The number of hydrogen-bond acceptors (Lipinski definition) is 4. The number of nitrogens with zero attached hydrogens (tertiary/aromatic N) is 2. The molecule has 0 saturated carbocycles. The summed E-state index contributed by atoms with van der Waals surface area (Å²) < 4.78 is 0. The van der Waals surface area contributed by atoms with E-state index in [0.717, 1.165) is 0 Å². The summed E-state index contributed by atoms with van der Waals surface area (Å²) >= 11 is 0. The minimum Gasteiger partial charge on any atom is -0.384 e. The van der Waals surface area contributed by atoms with Gasteiger partial charge < -0.3 is 10.8 Å². The second-order valence-electron chi connectivity index (χ2n) is 3.26. The average Bonchev–Trinajstić information content (AvgIpc) is 2.18. The fourth-order valence-corrected chi connectivity index (χ4v) is 0.958. The van der Waals surface area contributed by atoms with Crippen LogP contribution in [0.15, 0.2) is 12.3 Å². The van der Waals surface area contributed by atoms with E-state index in [9.17, 15) is 9.90 Å². The van der Waals surface area contributed by atoms with Crippen molar-refractivity contribution in [1.29, 1.82) is 0 Å². The standard InChI is InChI=1S/C9H13N3O2/c1-3-9(2,14)6-4-5-11-8(12-6)7(10)13/h4-5,14H,3H2,1-2H3,(H2,10,13). The molecule has 1 heterocycles. The van der Waals surface area contributed by atoms with Crippen molar-refractivity contribution in [2.75, 3.05) is 0 Å². The number of aromatic nitrogens is 2. The van der Waals surface area contributed by atoms with Crippen molar-refractivity contribution in [2.24, 2.45) is 5.73 Å². The molecule has 0 saturated heterocycles. The minimum atomic E-state index is -1.05. The van der Waals surface area contributed by atoms with Crippen molar-refractivity contribution in [3.63, 3.8) is 0 Å². The van der Waals surface area contributed by atoms with Crippen LogP contribution in [0.4, 0.5) is 0 Å². The summed E-state index contributed by atoms with van der Waals surface area (Å²) in [7, 11) is 0. The van der Waals surface area contributed by atoms with Gasteiger partial charge in [-0.3, -0.25) is 4.79 Å². The normalized spacial score (nSPS) is 14.8. The topological polar surface area (TPSA) is 89.1 Å². The molecule has 1 aromatic heterocycles. The third-order valence-electron chi connectivity index (χ3n) is 2.12. The first-order valence-corrected chi connectivity index (χ1v) is 4.33. The van der Waals surface area contributed by atoms with Gasteiger partial charge in [0, 0.05) is 6.20 Å². The number of carbonyl (C=O) groups excluding carboxylic acids is 1. The van der Waals surface area contributed by atoms with Crippen LogP contribution in [0.25, 0.3) is 0 Å². The van der Waals surface area contributed by atoms with Gasteiger partial charge in [-0.15, -0.1) is 0 Å². The molecule has 0 spiro atoms. The zero-order valence-corrected chi connectivity index (χ0v) is 8.19. The SMILES string of the molecule is CCC(C)(O)c1ccnc(C(N)=O)n1. The van der Waals surface area contributed by atoms with E-state index in [1.807, 2.05) is 6.92 Å².